The molecule has 0 aromatic heterocycles. The molecule has 440 valence electrons. The molecule has 3 N–H and O–H groups in total. The number of hydrogen-bond acceptors (Lipinski definition) is 12. The Bertz CT molecular complexity index is 2330. The van der Waals surface area contributed by atoms with Gasteiger partial charge in [-0.15, -0.1) is 0 Å². The predicted octanol–water partition coefficient (Wildman–Crippen LogP) is 7.02. The number of nitrogens with zero attached hydrogens (tertiary/aromatic N) is 4. The number of likely N-dealkylation sites (tertiary alicyclic amines) is 2. The molecule has 18 heteroatoms. The standard InChI is InChI=1S/C61H95N7O11/c1-15-40(7)46-35-51(70)68(59(46)74)31-22-18-21-30-50(69)62-45-28-23-27-44(33-45)37-65(10)54(39(5)6)58(73)64-53(38(3)4)60(75)66(11)55(41(8)16-2)49(77-12)36-52(71)67-32-24-29-48(67)56(78-13)42(9)57(72)63-47(61(76)79-14)34-43-25-19-17-20-26-43/h17,19-20,23,25-28,33,38-42,46-49,53-56H,15-16,18,21-22,24,29-32,34-37H2,1-14H3,(H,62,69)(H,63,72)(H,64,73)/t40?,41-,42+,46?,47-,48-,49+,53-,54-,55-,56+/m0/s1. The van der Waals surface area contributed by atoms with Crippen molar-refractivity contribution in [2.75, 3.05) is 53.8 Å². The van der Waals surface area contributed by atoms with Crippen LogP contribution in [0.1, 0.15) is 138 Å². The number of rotatable bonds is 32. The quantitative estimate of drug-likeness (QED) is 0.0383. The van der Waals surface area contributed by atoms with Crippen LogP contribution in [0.2, 0.25) is 0 Å². The molecule has 2 heterocycles. The minimum Gasteiger partial charge on any atom is -0.467 e. The van der Waals surface area contributed by atoms with Gasteiger partial charge in [0.05, 0.1) is 49.8 Å². The van der Waals surface area contributed by atoms with Crippen molar-refractivity contribution < 1.29 is 52.6 Å². The first-order valence-electron chi connectivity index (χ1n) is 28.8. The first-order valence-corrected chi connectivity index (χ1v) is 28.8. The number of amides is 7. The zero-order chi connectivity index (χ0) is 58.7. The van der Waals surface area contributed by atoms with Gasteiger partial charge >= 0.3 is 5.97 Å². The highest BCUT2D eigenvalue weighted by molar-refractivity contribution is 6.03. The van der Waals surface area contributed by atoms with Gasteiger partial charge in [-0.05, 0) is 79.7 Å². The van der Waals surface area contributed by atoms with E-state index in [0.29, 0.717) is 70.3 Å². The second-order valence-corrected chi connectivity index (χ2v) is 22.8. The fraction of sp³-hybridized carbons (Fsp3) is 0.672. The van der Waals surface area contributed by atoms with Gasteiger partial charge in [0.2, 0.25) is 41.4 Å². The molecule has 0 spiro atoms. The highest BCUT2D eigenvalue weighted by atomic mass is 16.5. The van der Waals surface area contributed by atoms with Crippen molar-refractivity contribution in [3.8, 4) is 0 Å². The van der Waals surface area contributed by atoms with E-state index >= 15 is 0 Å². The normalized spacial score (nSPS) is 19.1. The number of unbranched alkanes of at least 4 members (excludes halogenated alkanes) is 2. The van der Waals surface area contributed by atoms with E-state index in [9.17, 15) is 38.4 Å². The number of likely N-dealkylation sites (N-methyl/N-ethyl adjacent to an activating group) is 2. The van der Waals surface area contributed by atoms with E-state index in [1.165, 1.54) is 26.2 Å². The van der Waals surface area contributed by atoms with Crippen LogP contribution in [-0.2, 0) is 65.5 Å². The summed E-state index contributed by atoms with van der Waals surface area (Å²) in [7, 11) is 7.91. The van der Waals surface area contributed by atoms with E-state index in [1.807, 2.05) is 122 Å². The number of carbonyl (C=O) groups is 8. The molecule has 7 amide bonds. The van der Waals surface area contributed by atoms with Gasteiger partial charge in [-0.2, -0.15) is 0 Å². The third-order valence-electron chi connectivity index (χ3n) is 16.5. The molecule has 2 fully saturated rings. The number of imide groups is 1. The molecular weight excluding hydrogens is 1010 g/mol. The molecule has 18 nitrogen and oxygen atoms in total. The first-order chi connectivity index (χ1) is 37.5. The minimum atomic E-state index is -0.922. The number of nitrogens with one attached hydrogen (secondary N) is 3. The minimum absolute atomic E-state index is 0.0475. The number of methoxy groups -OCH3 is 3. The number of anilines is 1. The van der Waals surface area contributed by atoms with Crippen molar-refractivity contribution in [2.45, 2.75) is 182 Å². The summed E-state index contributed by atoms with van der Waals surface area (Å²) >= 11 is 0. The molecule has 0 aliphatic carbocycles. The summed E-state index contributed by atoms with van der Waals surface area (Å²) in [5, 5.41) is 8.98. The number of hydrogen-bond donors (Lipinski definition) is 3. The largest absolute Gasteiger partial charge is 0.467 e. The lowest BCUT2D eigenvalue weighted by Crippen LogP contribution is -2.60. The van der Waals surface area contributed by atoms with Crippen LogP contribution in [0.4, 0.5) is 5.69 Å². The summed E-state index contributed by atoms with van der Waals surface area (Å²) in [6, 6.07) is 13.4. The molecule has 0 saturated carbocycles. The summed E-state index contributed by atoms with van der Waals surface area (Å²) in [5.41, 5.74) is 2.37. The van der Waals surface area contributed by atoms with Crippen LogP contribution in [0.5, 0.6) is 0 Å². The van der Waals surface area contributed by atoms with E-state index in [4.69, 9.17) is 14.2 Å². The van der Waals surface area contributed by atoms with Gasteiger partial charge in [-0.25, -0.2) is 4.79 Å². The smallest absolute Gasteiger partial charge is 0.328 e. The van der Waals surface area contributed by atoms with Gasteiger partial charge in [-0.1, -0.05) is 124 Å². The van der Waals surface area contributed by atoms with E-state index in [2.05, 4.69) is 16.0 Å². The van der Waals surface area contributed by atoms with Crippen LogP contribution in [0.25, 0.3) is 0 Å². The lowest BCUT2D eigenvalue weighted by molar-refractivity contribution is -0.149. The molecule has 0 bridgehead atoms. The van der Waals surface area contributed by atoms with Gasteiger partial charge in [-0.3, -0.25) is 43.4 Å². The SMILES string of the molecule is CCC(C)C1CC(=O)N(CCCCCC(=O)Nc2cccc(CN(C)[C@H](C(=O)N[C@H](C(=O)N(C)[C@@H]([C@@H](C)CC)[C@@H](CC(=O)N3CCC[C@H]3[C@H](OC)[C@@H](C)C(=O)N[C@@H](Cc3ccccc3)C(=O)OC)OC)C(C)C)C(C)C)c2)C1=O. The predicted molar refractivity (Wildman–Crippen MR) is 305 cm³/mol. The summed E-state index contributed by atoms with van der Waals surface area (Å²) in [4.78, 5) is 115. The van der Waals surface area contributed by atoms with Gasteiger partial charge < -0.3 is 40.0 Å². The van der Waals surface area contributed by atoms with Gasteiger partial charge in [0.25, 0.3) is 0 Å². The zero-order valence-corrected chi connectivity index (χ0v) is 49.9. The summed E-state index contributed by atoms with van der Waals surface area (Å²) in [5.74, 6) is -3.46. The Morgan fingerprint density at radius 1 is 0.785 bits per heavy atom. The Kier molecular flexibility index (Phi) is 26.6. The van der Waals surface area contributed by atoms with Crippen LogP contribution in [0, 0.1) is 35.5 Å². The van der Waals surface area contributed by atoms with Crippen molar-refractivity contribution in [1.29, 1.82) is 0 Å². The van der Waals surface area contributed by atoms with Crippen molar-refractivity contribution in [1.82, 2.24) is 30.2 Å². The van der Waals surface area contributed by atoms with Gasteiger partial charge in [0, 0.05) is 71.8 Å². The second kappa shape index (κ2) is 31.9. The van der Waals surface area contributed by atoms with Gasteiger partial charge in [0.15, 0.2) is 0 Å². The van der Waals surface area contributed by atoms with E-state index in [-0.39, 0.29) is 84.3 Å². The monoisotopic (exact) mass is 1100 g/mol. The summed E-state index contributed by atoms with van der Waals surface area (Å²) < 4.78 is 17.1. The van der Waals surface area contributed by atoms with Crippen LogP contribution < -0.4 is 16.0 Å². The Labute approximate surface area is 471 Å². The first kappa shape index (κ1) is 65.8. The number of carbonyl (C=O) groups excluding carboxylic acids is 8. The molecule has 2 saturated heterocycles. The Morgan fingerprint density at radius 3 is 2.08 bits per heavy atom. The molecule has 4 rings (SSSR count). The average Bonchev–Trinajstić information content (AvgIpc) is 4.02. The van der Waals surface area contributed by atoms with Crippen LogP contribution in [0.3, 0.4) is 0 Å². The van der Waals surface area contributed by atoms with Crippen molar-refractivity contribution >= 4 is 53.0 Å². The molecule has 79 heavy (non-hydrogen) atoms. The topological polar surface area (TPSA) is 213 Å². The Morgan fingerprint density at radius 2 is 1.47 bits per heavy atom. The third-order valence-corrected chi connectivity index (χ3v) is 16.5. The highest BCUT2D eigenvalue weighted by Crippen LogP contribution is 2.31. The molecule has 2 aliphatic heterocycles. The van der Waals surface area contributed by atoms with Crippen molar-refractivity contribution in [3.05, 3.63) is 65.7 Å². The fourth-order valence-corrected chi connectivity index (χ4v) is 11.5. The summed E-state index contributed by atoms with van der Waals surface area (Å²) in [6.07, 6.45) is 4.14. The van der Waals surface area contributed by atoms with E-state index in [1.54, 1.807) is 23.8 Å². The van der Waals surface area contributed by atoms with Crippen LogP contribution >= 0.6 is 0 Å². The molecule has 2 aromatic carbocycles. The maximum atomic E-state index is 14.8. The number of ether oxygens (including phenoxy) is 3. The van der Waals surface area contributed by atoms with E-state index < -0.39 is 60.2 Å². The molecule has 0 radical (unpaired) electrons. The van der Waals surface area contributed by atoms with Gasteiger partial charge in [0.1, 0.15) is 12.1 Å². The van der Waals surface area contributed by atoms with E-state index in [0.717, 1.165) is 17.5 Å². The Balaban J connectivity index is 1.38. The number of benzene rings is 2. The Hall–Kier alpha value is -5.72. The lowest BCUT2D eigenvalue weighted by Gasteiger charge is -2.41. The highest BCUT2D eigenvalue weighted by Gasteiger charge is 2.44. The molecule has 11 atom stereocenters. The van der Waals surface area contributed by atoms with Crippen molar-refractivity contribution in [2.24, 2.45) is 35.5 Å². The molecule has 2 aromatic rings. The average molecular weight is 1100 g/mol. The lowest BCUT2D eigenvalue weighted by atomic mass is 9.89. The van der Waals surface area contributed by atoms with Crippen LogP contribution in [-0.4, -0.2) is 158 Å². The molecule has 2 unspecified atom stereocenters. The zero-order valence-electron chi connectivity index (χ0n) is 49.9. The van der Waals surface area contributed by atoms with Crippen LogP contribution in [0.15, 0.2) is 54.6 Å². The maximum Gasteiger partial charge on any atom is 0.328 e. The third kappa shape index (κ3) is 18.1. The molecule has 2 aliphatic rings. The molecular formula is C61H95N7O11. The maximum absolute atomic E-state index is 14.8. The fourth-order valence-electron chi connectivity index (χ4n) is 11.5. The second-order valence-electron chi connectivity index (χ2n) is 22.8. The van der Waals surface area contributed by atoms with Crippen molar-refractivity contribution in [3.63, 3.8) is 0 Å². The summed E-state index contributed by atoms with van der Waals surface area (Å²) in [6.45, 7) is 18.7. The number of esters is 1.